The standard InChI is InChI=1S/C52H35BN2O2/c1-52(2,3)32-24-25-40(38(29-32)30-14-5-4-6-15-30)54-41-26-27-44-45(35-18-9-11-22-42(35)56-44)47(41)53-46-39(28-31-16-7-8-17-33(31)49(46)54)34-20-13-21-37-48(34)55(53)50-36-19-10-12-23-43(36)57-51(37)50/h4-29H,1-3H3. The van der Waals surface area contributed by atoms with Crippen molar-refractivity contribution in [1.82, 2.24) is 4.48 Å². The average molecular weight is 731 g/mol. The third-order valence-corrected chi connectivity index (χ3v) is 12.7. The van der Waals surface area contributed by atoms with E-state index >= 15 is 0 Å². The van der Waals surface area contributed by atoms with Gasteiger partial charge in [0.2, 0.25) is 0 Å². The molecule has 0 unspecified atom stereocenters. The Labute approximate surface area is 329 Å². The van der Waals surface area contributed by atoms with Gasteiger partial charge in [0.25, 0.3) is 0 Å². The second kappa shape index (κ2) is 10.9. The van der Waals surface area contributed by atoms with Gasteiger partial charge in [0.1, 0.15) is 16.7 Å². The number of furan rings is 2. The minimum atomic E-state index is -0.180. The van der Waals surface area contributed by atoms with E-state index in [0.29, 0.717) is 0 Å². The first-order valence-electron chi connectivity index (χ1n) is 19.9. The van der Waals surface area contributed by atoms with Gasteiger partial charge >= 0.3 is 6.85 Å². The molecule has 2 aliphatic rings. The Morgan fingerprint density at radius 3 is 2.02 bits per heavy atom. The number of benzene rings is 8. The van der Waals surface area contributed by atoms with E-state index in [1.807, 2.05) is 0 Å². The molecular weight excluding hydrogens is 695 g/mol. The first-order chi connectivity index (χ1) is 27.9. The van der Waals surface area contributed by atoms with Crippen LogP contribution >= 0.6 is 0 Å². The topological polar surface area (TPSA) is 34.5 Å². The minimum absolute atomic E-state index is 0.0321. The lowest BCUT2D eigenvalue weighted by atomic mass is 9.44. The number of fused-ring (bicyclic) bond motifs is 15. The van der Waals surface area contributed by atoms with Crippen LogP contribution in [0, 0.1) is 0 Å². The number of hydrogen-bond acceptors (Lipinski definition) is 3. The Bertz CT molecular complexity index is 3530. The molecule has 5 heterocycles. The Kier molecular flexibility index (Phi) is 5.96. The van der Waals surface area contributed by atoms with Gasteiger partial charge in [-0.15, -0.1) is 0 Å². The molecule has 0 bridgehead atoms. The van der Waals surface area contributed by atoms with E-state index in [0.717, 1.165) is 60.8 Å². The number of para-hydroxylation sites is 3. The summed E-state index contributed by atoms with van der Waals surface area (Å²) in [6, 6.07) is 57.7. The highest BCUT2D eigenvalue weighted by molar-refractivity contribution is 6.92. The number of anilines is 3. The van der Waals surface area contributed by atoms with Crippen LogP contribution in [-0.4, -0.2) is 11.3 Å². The first-order valence-corrected chi connectivity index (χ1v) is 19.9. The summed E-state index contributed by atoms with van der Waals surface area (Å²) in [6.45, 7) is 6.72. The van der Waals surface area contributed by atoms with Crippen LogP contribution in [0.25, 0.3) is 87.9 Å². The van der Waals surface area contributed by atoms with Crippen LogP contribution in [-0.2, 0) is 5.41 Å². The summed E-state index contributed by atoms with van der Waals surface area (Å²) in [5, 5.41) is 6.97. The molecule has 268 valence electrons. The second-order valence-electron chi connectivity index (χ2n) is 16.8. The lowest BCUT2D eigenvalue weighted by molar-refractivity contribution is 0.590. The molecule has 0 aliphatic carbocycles. The van der Waals surface area contributed by atoms with Crippen LogP contribution in [0.2, 0.25) is 0 Å². The number of nitrogens with zero attached hydrogens (tertiary/aromatic N) is 2. The molecule has 8 aromatic carbocycles. The molecule has 4 nitrogen and oxygen atoms in total. The lowest BCUT2D eigenvalue weighted by Gasteiger charge is -2.42. The number of rotatable bonds is 2. The smallest absolute Gasteiger partial charge is 0.334 e. The van der Waals surface area contributed by atoms with Gasteiger partial charge < -0.3 is 18.2 Å². The summed E-state index contributed by atoms with van der Waals surface area (Å²) < 4.78 is 16.2. The highest BCUT2D eigenvalue weighted by Gasteiger charge is 2.46. The van der Waals surface area contributed by atoms with Crippen LogP contribution in [0.15, 0.2) is 167 Å². The van der Waals surface area contributed by atoms with Gasteiger partial charge in [0, 0.05) is 49.3 Å². The van der Waals surface area contributed by atoms with E-state index in [9.17, 15) is 0 Å². The molecule has 0 atom stereocenters. The monoisotopic (exact) mass is 730 g/mol. The maximum absolute atomic E-state index is 6.82. The molecule has 0 N–H and O–H groups in total. The van der Waals surface area contributed by atoms with E-state index in [2.05, 4.69) is 188 Å². The van der Waals surface area contributed by atoms with E-state index in [-0.39, 0.29) is 12.3 Å². The van der Waals surface area contributed by atoms with Crippen molar-refractivity contribution in [1.29, 1.82) is 0 Å². The fourth-order valence-corrected chi connectivity index (χ4v) is 10.2. The first kappa shape index (κ1) is 31.3. The predicted octanol–water partition coefficient (Wildman–Crippen LogP) is 13.0. The van der Waals surface area contributed by atoms with Gasteiger partial charge in [-0.05, 0) is 93.0 Å². The number of hydrogen-bond donors (Lipinski definition) is 0. The van der Waals surface area contributed by atoms with Gasteiger partial charge in [0.05, 0.1) is 16.9 Å². The molecule has 11 aromatic rings. The Balaban J connectivity index is 1.27. The van der Waals surface area contributed by atoms with Crippen LogP contribution in [0.4, 0.5) is 17.1 Å². The zero-order valence-electron chi connectivity index (χ0n) is 31.8. The molecule has 3 aromatic heterocycles. The zero-order valence-corrected chi connectivity index (χ0v) is 31.8. The summed E-state index contributed by atoms with van der Waals surface area (Å²) in [5.74, 6) is 0. The predicted molar refractivity (Wildman–Crippen MR) is 239 cm³/mol. The molecule has 0 radical (unpaired) electrons. The fraction of sp³-hybridized carbons (Fsp3) is 0.0769. The highest BCUT2D eigenvalue weighted by atomic mass is 16.3. The Hall–Kier alpha value is -6.98. The minimum Gasteiger partial charge on any atom is -0.456 e. The van der Waals surface area contributed by atoms with Gasteiger partial charge in [-0.3, -0.25) is 0 Å². The van der Waals surface area contributed by atoms with Crippen LogP contribution in [0.3, 0.4) is 0 Å². The Morgan fingerprint density at radius 1 is 0.491 bits per heavy atom. The molecule has 0 spiro atoms. The zero-order chi connectivity index (χ0) is 37.7. The van der Waals surface area contributed by atoms with E-state index < -0.39 is 0 Å². The van der Waals surface area contributed by atoms with E-state index in [1.54, 1.807) is 0 Å². The molecule has 0 saturated heterocycles. The average Bonchev–Trinajstić information content (AvgIpc) is 3.92. The van der Waals surface area contributed by atoms with Crippen LogP contribution < -0.4 is 15.8 Å². The highest BCUT2D eigenvalue weighted by Crippen LogP contribution is 2.52. The molecule has 0 saturated carbocycles. The molecular formula is C52H35BN2O2. The maximum Gasteiger partial charge on any atom is 0.334 e. The summed E-state index contributed by atoms with van der Waals surface area (Å²) in [7, 11) is 0. The molecule has 2 aliphatic heterocycles. The molecule has 0 fully saturated rings. The van der Waals surface area contributed by atoms with Crippen molar-refractivity contribution in [2.75, 3.05) is 4.90 Å². The molecule has 13 rings (SSSR count). The van der Waals surface area contributed by atoms with Crippen molar-refractivity contribution in [3.05, 3.63) is 163 Å². The van der Waals surface area contributed by atoms with Gasteiger partial charge in [0.15, 0.2) is 5.58 Å². The van der Waals surface area contributed by atoms with Gasteiger partial charge in [-0.1, -0.05) is 124 Å². The van der Waals surface area contributed by atoms with Crippen molar-refractivity contribution in [3.8, 4) is 22.3 Å². The largest absolute Gasteiger partial charge is 0.456 e. The van der Waals surface area contributed by atoms with Gasteiger partial charge in [-0.25, -0.2) is 0 Å². The second-order valence-corrected chi connectivity index (χ2v) is 16.8. The quantitative estimate of drug-likeness (QED) is 0.166. The summed E-state index contributed by atoms with van der Waals surface area (Å²) in [5.41, 5.74) is 18.1. The van der Waals surface area contributed by atoms with Crippen LogP contribution in [0.1, 0.15) is 26.3 Å². The van der Waals surface area contributed by atoms with E-state index in [1.165, 1.54) is 60.7 Å². The van der Waals surface area contributed by atoms with Crippen molar-refractivity contribution in [2.45, 2.75) is 26.2 Å². The number of aromatic nitrogens is 1. The van der Waals surface area contributed by atoms with Crippen LogP contribution in [0.5, 0.6) is 0 Å². The summed E-state index contributed by atoms with van der Waals surface area (Å²) in [6.07, 6.45) is 0. The van der Waals surface area contributed by atoms with Crippen molar-refractivity contribution < 1.29 is 8.83 Å². The van der Waals surface area contributed by atoms with Gasteiger partial charge in [-0.2, -0.15) is 0 Å². The normalized spacial score (nSPS) is 13.5. The third-order valence-electron chi connectivity index (χ3n) is 12.7. The SMILES string of the molecule is CC(C)(C)c1ccc(N2c3ccc4oc5ccccc5c4c3B3c4c(cc5ccccc5c42)-c2cccc4c5oc6ccccc6c5n3c24)c(-c2ccccc2)c1. The van der Waals surface area contributed by atoms with Crippen molar-refractivity contribution in [3.63, 3.8) is 0 Å². The van der Waals surface area contributed by atoms with E-state index in [4.69, 9.17) is 8.83 Å². The molecule has 5 heteroatoms. The summed E-state index contributed by atoms with van der Waals surface area (Å²) in [4.78, 5) is 2.59. The van der Waals surface area contributed by atoms with Crippen molar-refractivity contribution in [2.24, 2.45) is 0 Å². The third kappa shape index (κ3) is 4.03. The molecule has 57 heavy (non-hydrogen) atoms. The Morgan fingerprint density at radius 2 is 1.19 bits per heavy atom. The molecule has 0 amide bonds. The maximum atomic E-state index is 6.82. The van der Waals surface area contributed by atoms with Crippen molar-refractivity contribution >= 4 is 101 Å². The lowest BCUT2D eigenvalue weighted by Crippen LogP contribution is -2.57. The summed E-state index contributed by atoms with van der Waals surface area (Å²) >= 11 is 0. The fourth-order valence-electron chi connectivity index (χ4n) is 10.2.